The van der Waals surface area contributed by atoms with Gasteiger partial charge in [-0.15, -0.1) is 5.10 Å². The van der Waals surface area contributed by atoms with Crippen LogP contribution < -0.4 is 5.73 Å². The van der Waals surface area contributed by atoms with Crippen LogP contribution in [0, 0.1) is 5.82 Å². The van der Waals surface area contributed by atoms with E-state index in [2.05, 4.69) is 15.5 Å². The normalized spacial score (nSPS) is 22.9. The summed E-state index contributed by atoms with van der Waals surface area (Å²) in [5.41, 5.74) is 6.85. The first-order valence-corrected chi connectivity index (χ1v) is 6.60. The average molecular weight is 277 g/mol. The maximum atomic E-state index is 13.1. The van der Waals surface area contributed by atoms with Gasteiger partial charge in [0.25, 0.3) is 0 Å². The van der Waals surface area contributed by atoms with Crippen molar-refractivity contribution in [1.29, 1.82) is 0 Å². The van der Waals surface area contributed by atoms with Crippen molar-refractivity contribution >= 4 is 5.69 Å². The van der Waals surface area contributed by atoms with Gasteiger partial charge in [0, 0.05) is 17.9 Å². The van der Waals surface area contributed by atoms with Crippen LogP contribution in [0.3, 0.4) is 0 Å². The number of ether oxygens (including phenoxy) is 1. The quantitative estimate of drug-likeness (QED) is 0.847. The second-order valence-electron chi connectivity index (χ2n) is 5.04. The predicted molar refractivity (Wildman–Crippen MR) is 71.3 cm³/mol. The van der Waals surface area contributed by atoms with Gasteiger partial charge in [0.05, 0.1) is 12.1 Å². The standard InChI is InChI=1S/C13H16FN5O/c1-8-6-10(4-5-20-8)19-13(16-17-18-19)11-3-2-9(14)7-12(11)15/h2-3,7-8,10H,4-6,15H2,1H3. The summed E-state index contributed by atoms with van der Waals surface area (Å²) in [7, 11) is 0. The van der Waals surface area contributed by atoms with Crippen molar-refractivity contribution in [3.05, 3.63) is 24.0 Å². The Hall–Kier alpha value is -2.02. The molecule has 2 aromatic rings. The van der Waals surface area contributed by atoms with E-state index in [0.29, 0.717) is 23.7 Å². The number of hydrogen-bond donors (Lipinski definition) is 1. The molecular weight excluding hydrogens is 261 g/mol. The molecule has 0 bridgehead atoms. The van der Waals surface area contributed by atoms with E-state index in [1.165, 1.54) is 12.1 Å². The third-order valence-electron chi connectivity index (χ3n) is 3.55. The molecule has 2 N–H and O–H groups in total. The Morgan fingerprint density at radius 3 is 3.05 bits per heavy atom. The first kappa shape index (κ1) is 13.0. The number of nitrogens with two attached hydrogens (primary N) is 1. The molecule has 1 fully saturated rings. The molecule has 1 aromatic carbocycles. The minimum atomic E-state index is -0.370. The fourth-order valence-corrected chi connectivity index (χ4v) is 2.55. The Kier molecular flexibility index (Phi) is 3.35. The zero-order valence-corrected chi connectivity index (χ0v) is 11.2. The summed E-state index contributed by atoms with van der Waals surface area (Å²) in [6.45, 7) is 2.71. The maximum Gasteiger partial charge on any atom is 0.184 e. The van der Waals surface area contributed by atoms with Crippen LogP contribution in [0.25, 0.3) is 11.4 Å². The van der Waals surface area contributed by atoms with Crippen LogP contribution in [-0.2, 0) is 4.74 Å². The Morgan fingerprint density at radius 2 is 2.30 bits per heavy atom. The van der Waals surface area contributed by atoms with E-state index in [9.17, 15) is 4.39 Å². The second kappa shape index (κ2) is 5.16. The van der Waals surface area contributed by atoms with Crippen LogP contribution in [0.15, 0.2) is 18.2 Å². The van der Waals surface area contributed by atoms with Crippen LogP contribution in [0.4, 0.5) is 10.1 Å². The van der Waals surface area contributed by atoms with Crippen LogP contribution in [0.2, 0.25) is 0 Å². The topological polar surface area (TPSA) is 78.9 Å². The van der Waals surface area contributed by atoms with Crippen molar-refractivity contribution < 1.29 is 9.13 Å². The van der Waals surface area contributed by atoms with Gasteiger partial charge in [-0.25, -0.2) is 9.07 Å². The molecule has 2 heterocycles. The van der Waals surface area contributed by atoms with Crippen molar-refractivity contribution in [3.8, 4) is 11.4 Å². The zero-order chi connectivity index (χ0) is 14.1. The Morgan fingerprint density at radius 1 is 1.45 bits per heavy atom. The van der Waals surface area contributed by atoms with E-state index < -0.39 is 0 Å². The lowest BCUT2D eigenvalue weighted by molar-refractivity contribution is 0.00351. The molecule has 0 radical (unpaired) electrons. The maximum absolute atomic E-state index is 13.1. The number of nitrogen functional groups attached to an aromatic ring is 1. The number of nitrogens with zero attached hydrogens (tertiary/aromatic N) is 4. The fourth-order valence-electron chi connectivity index (χ4n) is 2.55. The first-order valence-electron chi connectivity index (χ1n) is 6.60. The summed E-state index contributed by atoms with van der Waals surface area (Å²) in [4.78, 5) is 0. The smallest absolute Gasteiger partial charge is 0.184 e. The molecule has 7 heteroatoms. The minimum absolute atomic E-state index is 0.174. The van der Waals surface area contributed by atoms with Crippen molar-refractivity contribution in [2.75, 3.05) is 12.3 Å². The lowest BCUT2D eigenvalue weighted by Crippen LogP contribution is -2.26. The molecule has 2 atom stereocenters. The fraction of sp³-hybridized carbons (Fsp3) is 0.462. The monoisotopic (exact) mass is 277 g/mol. The summed E-state index contributed by atoms with van der Waals surface area (Å²) < 4.78 is 20.4. The van der Waals surface area contributed by atoms with Gasteiger partial charge in [0.1, 0.15) is 5.82 Å². The number of benzene rings is 1. The van der Waals surface area contributed by atoms with Crippen LogP contribution >= 0.6 is 0 Å². The molecule has 1 aromatic heterocycles. The van der Waals surface area contributed by atoms with Gasteiger partial charge in [-0.3, -0.25) is 0 Å². The number of halogens is 1. The van der Waals surface area contributed by atoms with Gasteiger partial charge in [-0.1, -0.05) is 0 Å². The molecule has 6 nitrogen and oxygen atoms in total. The SMILES string of the molecule is CC1CC(n2nnnc2-c2ccc(F)cc2N)CCO1. The third kappa shape index (κ3) is 2.36. The summed E-state index contributed by atoms with van der Waals surface area (Å²) in [5, 5.41) is 11.8. The Labute approximate surface area is 115 Å². The van der Waals surface area contributed by atoms with Gasteiger partial charge in [0.2, 0.25) is 0 Å². The second-order valence-corrected chi connectivity index (χ2v) is 5.04. The number of hydrogen-bond acceptors (Lipinski definition) is 5. The molecule has 0 amide bonds. The molecule has 1 saturated heterocycles. The number of aromatic nitrogens is 4. The highest BCUT2D eigenvalue weighted by atomic mass is 19.1. The van der Waals surface area contributed by atoms with Gasteiger partial charge in [-0.05, 0) is 48.4 Å². The highest BCUT2D eigenvalue weighted by molar-refractivity contribution is 5.71. The first-order chi connectivity index (χ1) is 9.65. The molecule has 1 aliphatic rings. The molecule has 3 rings (SSSR count). The Balaban J connectivity index is 1.97. The number of anilines is 1. The lowest BCUT2D eigenvalue weighted by atomic mass is 10.0. The molecule has 0 saturated carbocycles. The van der Waals surface area contributed by atoms with Gasteiger partial charge in [-0.2, -0.15) is 0 Å². The lowest BCUT2D eigenvalue weighted by Gasteiger charge is -2.27. The van der Waals surface area contributed by atoms with Gasteiger partial charge in [0.15, 0.2) is 5.82 Å². The van der Waals surface area contributed by atoms with Gasteiger partial charge >= 0.3 is 0 Å². The van der Waals surface area contributed by atoms with E-state index in [1.54, 1.807) is 10.7 Å². The number of tetrazole rings is 1. The number of rotatable bonds is 2. The molecular formula is C13H16FN5O. The Bertz CT molecular complexity index is 615. The highest BCUT2D eigenvalue weighted by Crippen LogP contribution is 2.30. The van der Waals surface area contributed by atoms with E-state index in [4.69, 9.17) is 10.5 Å². The highest BCUT2D eigenvalue weighted by Gasteiger charge is 2.25. The molecule has 20 heavy (non-hydrogen) atoms. The minimum Gasteiger partial charge on any atom is -0.398 e. The molecule has 0 spiro atoms. The van der Waals surface area contributed by atoms with E-state index in [0.717, 1.165) is 12.8 Å². The summed E-state index contributed by atoms with van der Waals surface area (Å²) >= 11 is 0. The summed E-state index contributed by atoms with van der Waals surface area (Å²) in [6, 6.07) is 4.42. The summed E-state index contributed by atoms with van der Waals surface area (Å²) in [6.07, 6.45) is 1.87. The van der Waals surface area contributed by atoms with Crippen LogP contribution in [-0.4, -0.2) is 32.9 Å². The van der Waals surface area contributed by atoms with Crippen LogP contribution in [0.5, 0.6) is 0 Å². The van der Waals surface area contributed by atoms with Crippen LogP contribution in [0.1, 0.15) is 25.8 Å². The zero-order valence-electron chi connectivity index (χ0n) is 11.2. The predicted octanol–water partition coefficient (Wildman–Crippen LogP) is 1.80. The van der Waals surface area contributed by atoms with Crippen molar-refractivity contribution in [2.45, 2.75) is 31.9 Å². The summed E-state index contributed by atoms with van der Waals surface area (Å²) in [5.74, 6) is 0.201. The van der Waals surface area contributed by atoms with Crippen molar-refractivity contribution in [2.24, 2.45) is 0 Å². The molecule has 2 unspecified atom stereocenters. The largest absolute Gasteiger partial charge is 0.398 e. The van der Waals surface area contributed by atoms with E-state index >= 15 is 0 Å². The molecule has 1 aliphatic heterocycles. The van der Waals surface area contributed by atoms with E-state index in [1.807, 2.05) is 6.92 Å². The molecule has 106 valence electrons. The van der Waals surface area contributed by atoms with Crippen molar-refractivity contribution in [3.63, 3.8) is 0 Å². The third-order valence-corrected chi connectivity index (χ3v) is 3.55. The van der Waals surface area contributed by atoms with Crippen molar-refractivity contribution in [1.82, 2.24) is 20.2 Å². The van der Waals surface area contributed by atoms with Gasteiger partial charge < -0.3 is 10.5 Å². The average Bonchev–Trinajstić information content (AvgIpc) is 2.87. The molecule has 0 aliphatic carbocycles. The van der Waals surface area contributed by atoms with E-state index in [-0.39, 0.29) is 18.0 Å².